The predicted octanol–water partition coefficient (Wildman–Crippen LogP) is 10.1. The third kappa shape index (κ3) is 8.59. The molecule has 0 aliphatic carbocycles. The molecule has 0 radical (unpaired) electrons. The van der Waals surface area contributed by atoms with E-state index in [0.29, 0.717) is 28.3 Å². The Morgan fingerprint density at radius 2 is 1.46 bits per heavy atom. The zero-order valence-electron chi connectivity index (χ0n) is 24.7. The third-order valence-corrected chi connectivity index (χ3v) is 8.13. The summed E-state index contributed by atoms with van der Waals surface area (Å²) in [4.78, 5) is 13.2. The summed E-state index contributed by atoms with van der Waals surface area (Å²) in [5, 5.41) is 10.0. The molecule has 0 amide bonds. The summed E-state index contributed by atoms with van der Waals surface area (Å²) < 4.78 is 136. The zero-order chi connectivity index (χ0) is 34.2. The minimum atomic E-state index is -4.92. The van der Waals surface area contributed by atoms with Crippen molar-refractivity contribution in [2.75, 3.05) is 6.54 Å². The summed E-state index contributed by atoms with van der Waals surface area (Å²) >= 11 is 0. The molecule has 46 heavy (non-hydrogen) atoms. The van der Waals surface area contributed by atoms with E-state index in [2.05, 4.69) is 0 Å². The first kappa shape index (κ1) is 35.2. The number of carbonyl (C=O) groups is 1. The smallest absolute Gasteiger partial charge is 0.416 e. The molecule has 1 aliphatic rings. The Balaban J connectivity index is 1.77. The van der Waals surface area contributed by atoms with Crippen LogP contribution in [0.1, 0.15) is 72.8 Å². The molecule has 1 heterocycles. The second kappa shape index (κ2) is 13.2. The number of likely N-dealkylation sites (tertiary alicyclic amines) is 1. The molecule has 1 saturated heterocycles. The van der Waals surface area contributed by atoms with Crippen molar-refractivity contribution in [1.29, 1.82) is 0 Å². The molecule has 3 aromatic rings. The molecule has 0 aromatic heterocycles. The van der Waals surface area contributed by atoms with Crippen molar-refractivity contribution in [3.05, 3.63) is 94.3 Å². The van der Waals surface area contributed by atoms with Gasteiger partial charge in [-0.1, -0.05) is 44.2 Å². The van der Waals surface area contributed by atoms with Gasteiger partial charge in [-0.3, -0.25) is 9.69 Å². The molecule has 0 bridgehead atoms. The van der Waals surface area contributed by atoms with Crippen LogP contribution < -0.4 is 0 Å². The fourth-order valence-electron chi connectivity index (χ4n) is 5.98. The number of rotatable bonds is 8. The van der Waals surface area contributed by atoms with Crippen LogP contribution in [0.2, 0.25) is 0 Å². The topological polar surface area (TPSA) is 40.5 Å². The summed E-state index contributed by atoms with van der Waals surface area (Å²) in [6.45, 7) is 2.67. The molecule has 3 unspecified atom stereocenters. The average molecular weight is 664 g/mol. The van der Waals surface area contributed by atoms with Gasteiger partial charge in [0.05, 0.1) is 17.0 Å². The zero-order valence-corrected chi connectivity index (χ0v) is 24.7. The molecular weight excluding hydrogens is 632 g/mol. The van der Waals surface area contributed by atoms with Crippen LogP contribution in [-0.4, -0.2) is 34.7 Å². The summed E-state index contributed by atoms with van der Waals surface area (Å²) in [7, 11) is 0. The largest absolute Gasteiger partial charge is 0.481 e. The van der Waals surface area contributed by atoms with Crippen LogP contribution in [-0.2, 0) is 23.7 Å². The minimum Gasteiger partial charge on any atom is -0.481 e. The molecule has 1 aliphatic heterocycles. The summed E-state index contributed by atoms with van der Waals surface area (Å²) in [5.41, 5.74) is -1.10. The number of alkyl halides is 9. The van der Waals surface area contributed by atoms with Gasteiger partial charge in [-0.15, -0.1) is 0 Å². The SMILES string of the molecule is CC(C)CC(C(=O)O)c1cc(-c2ccc(C(F)(F)F)cc2)cc(C2CCC(C(F)(F)F)N(Cc3cc(F)cc(C(F)(F)F)c3)C2)c1. The van der Waals surface area contributed by atoms with Crippen molar-refractivity contribution in [3.63, 3.8) is 0 Å². The van der Waals surface area contributed by atoms with E-state index >= 15 is 0 Å². The lowest BCUT2D eigenvalue weighted by molar-refractivity contribution is -0.194. The summed E-state index contributed by atoms with van der Waals surface area (Å²) in [5.74, 6) is -4.15. The second-order valence-electron chi connectivity index (χ2n) is 12.1. The van der Waals surface area contributed by atoms with Crippen LogP contribution in [0, 0.1) is 11.7 Å². The van der Waals surface area contributed by atoms with E-state index in [-0.39, 0.29) is 36.9 Å². The average Bonchev–Trinajstić information content (AvgIpc) is 2.93. The van der Waals surface area contributed by atoms with Crippen LogP contribution in [0.5, 0.6) is 0 Å². The van der Waals surface area contributed by atoms with Crippen LogP contribution in [0.15, 0.2) is 60.7 Å². The third-order valence-electron chi connectivity index (χ3n) is 8.13. The van der Waals surface area contributed by atoms with Crippen molar-refractivity contribution < 1.29 is 53.8 Å². The number of carboxylic acids is 1. The molecule has 0 saturated carbocycles. The van der Waals surface area contributed by atoms with Crippen molar-refractivity contribution >= 4 is 5.97 Å². The van der Waals surface area contributed by atoms with Gasteiger partial charge >= 0.3 is 24.5 Å². The standard InChI is InChI=1S/C33H31F10NO2/c1-18(2)9-28(30(45)46)24-13-22(20-3-6-25(7-4-20)31(35,36)37)12-23(14-24)21-5-8-29(33(41,42)43)44(17-21)16-19-10-26(32(38,39)40)15-27(34)11-19/h3-4,6-7,10-15,18,21,28-29H,5,8-9,16-17H2,1-2H3,(H,45,46). The van der Waals surface area contributed by atoms with E-state index in [1.54, 1.807) is 12.1 Å². The summed E-state index contributed by atoms with van der Waals surface area (Å²) in [6, 6.07) is 8.45. The van der Waals surface area contributed by atoms with E-state index in [1.807, 2.05) is 13.8 Å². The number of aliphatic carboxylic acids is 1. The van der Waals surface area contributed by atoms with E-state index in [0.717, 1.165) is 23.1 Å². The minimum absolute atomic E-state index is 0.0184. The molecule has 0 spiro atoms. The Morgan fingerprint density at radius 3 is 2.00 bits per heavy atom. The maximum Gasteiger partial charge on any atom is 0.416 e. The van der Waals surface area contributed by atoms with Gasteiger partial charge in [0.15, 0.2) is 0 Å². The Labute approximate surface area is 258 Å². The molecule has 13 heteroatoms. The van der Waals surface area contributed by atoms with Gasteiger partial charge < -0.3 is 5.11 Å². The normalized spacial score (nSPS) is 19.0. The molecule has 250 valence electrons. The number of hydrogen-bond donors (Lipinski definition) is 1. The Hall–Kier alpha value is -3.61. The van der Waals surface area contributed by atoms with E-state index in [9.17, 15) is 53.8 Å². The van der Waals surface area contributed by atoms with Crippen molar-refractivity contribution in [3.8, 4) is 11.1 Å². The van der Waals surface area contributed by atoms with Crippen molar-refractivity contribution in [1.82, 2.24) is 4.90 Å². The number of hydrogen-bond acceptors (Lipinski definition) is 2. The summed E-state index contributed by atoms with van der Waals surface area (Å²) in [6.07, 6.45) is -14.5. The molecule has 3 atom stereocenters. The lowest BCUT2D eigenvalue weighted by atomic mass is 9.81. The van der Waals surface area contributed by atoms with Crippen LogP contribution in [0.4, 0.5) is 43.9 Å². The molecule has 4 rings (SSSR count). The Morgan fingerprint density at radius 1 is 0.826 bits per heavy atom. The molecule has 1 fully saturated rings. The van der Waals surface area contributed by atoms with Crippen molar-refractivity contribution in [2.45, 2.75) is 76.1 Å². The van der Waals surface area contributed by atoms with E-state index in [4.69, 9.17) is 0 Å². The molecule has 3 aromatic carbocycles. The molecular formula is C33H31F10NO2. The highest BCUT2D eigenvalue weighted by molar-refractivity contribution is 5.78. The quantitative estimate of drug-likeness (QED) is 0.244. The van der Waals surface area contributed by atoms with Crippen molar-refractivity contribution in [2.24, 2.45) is 5.92 Å². The highest BCUT2D eigenvalue weighted by Gasteiger charge is 2.46. The maximum atomic E-state index is 14.1. The van der Waals surface area contributed by atoms with Gasteiger partial charge in [0.25, 0.3) is 0 Å². The van der Waals surface area contributed by atoms with E-state index < -0.39 is 72.3 Å². The van der Waals surface area contributed by atoms with Gasteiger partial charge in [0.1, 0.15) is 11.9 Å². The number of benzene rings is 3. The molecule has 1 N–H and O–H groups in total. The van der Waals surface area contributed by atoms with Crippen LogP contribution >= 0.6 is 0 Å². The van der Waals surface area contributed by atoms with E-state index in [1.165, 1.54) is 18.2 Å². The van der Waals surface area contributed by atoms with Crippen LogP contribution in [0.3, 0.4) is 0 Å². The highest BCUT2D eigenvalue weighted by Crippen LogP contribution is 2.41. The Kier molecular flexibility index (Phi) is 10.2. The number of nitrogens with zero attached hydrogens (tertiary/aromatic N) is 1. The lowest BCUT2D eigenvalue weighted by Gasteiger charge is -2.41. The van der Waals surface area contributed by atoms with Crippen LogP contribution in [0.25, 0.3) is 11.1 Å². The number of halogens is 10. The maximum absolute atomic E-state index is 14.1. The fraction of sp³-hybridized carbons (Fsp3) is 0.424. The highest BCUT2D eigenvalue weighted by atomic mass is 19.4. The number of carboxylic acid groups (broad SMARTS) is 1. The predicted molar refractivity (Wildman–Crippen MR) is 150 cm³/mol. The van der Waals surface area contributed by atoms with Gasteiger partial charge in [-0.25, -0.2) is 4.39 Å². The molecule has 3 nitrogen and oxygen atoms in total. The lowest BCUT2D eigenvalue weighted by Crippen LogP contribution is -2.50. The van der Waals surface area contributed by atoms with Gasteiger partial charge in [-0.05, 0) is 89.2 Å². The van der Waals surface area contributed by atoms with Gasteiger partial charge in [0, 0.05) is 13.1 Å². The van der Waals surface area contributed by atoms with Gasteiger partial charge in [-0.2, -0.15) is 39.5 Å². The Bertz CT molecular complexity index is 1530. The fourth-order valence-corrected chi connectivity index (χ4v) is 5.98. The first-order valence-electron chi connectivity index (χ1n) is 14.4. The second-order valence-corrected chi connectivity index (χ2v) is 12.1. The first-order chi connectivity index (χ1) is 21.2. The first-order valence-corrected chi connectivity index (χ1v) is 14.4. The van der Waals surface area contributed by atoms with Gasteiger partial charge in [0.2, 0.25) is 0 Å². The monoisotopic (exact) mass is 663 g/mol. The number of piperidine rings is 1.